The molecule has 3 rings (SSSR count). The first-order valence-electron chi connectivity index (χ1n) is 6.62. The van der Waals surface area contributed by atoms with Crippen LogP contribution in [0, 0.1) is 11.8 Å². The van der Waals surface area contributed by atoms with Crippen molar-refractivity contribution in [2.45, 2.75) is 13.0 Å². The van der Waals surface area contributed by atoms with Crippen molar-refractivity contribution in [1.29, 1.82) is 0 Å². The number of hydrogen-bond acceptors (Lipinski definition) is 4. The summed E-state index contributed by atoms with van der Waals surface area (Å²) in [7, 11) is 0. The normalized spacial score (nSPS) is 29.4. The summed E-state index contributed by atoms with van der Waals surface area (Å²) >= 11 is 0. The molecule has 2 heterocycles. The maximum absolute atomic E-state index is 9.93. The Hall–Kier alpha value is -1.26. The average molecular weight is 248 g/mol. The molecule has 1 aromatic carbocycles. The lowest BCUT2D eigenvalue weighted by Gasteiger charge is -2.26. The van der Waals surface area contributed by atoms with Gasteiger partial charge in [0.25, 0.3) is 0 Å². The van der Waals surface area contributed by atoms with E-state index in [9.17, 15) is 10.2 Å². The smallest absolute Gasteiger partial charge is 0.124 e. The summed E-state index contributed by atoms with van der Waals surface area (Å²) in [5, 5.41) is 22.7. The number of phenolic OH excluding ortho intramolecular Hbond substituents is 2. The predicted molar refractivity (Wildman–Crippen MR) is 69.6 cm³/mol. The first-order valence-corrected chi connectivity index (χ1v) is 6.62. The fraction of sp³-hybridized carbons (Fsp3) is 0.571. The van der Waals surface area contributed by atoms with Crippen molar-refractivity contribution in [3.8, 4) is 11.5 Å². The van der Waals surface area contributed by atoms with Gasteiger partial charge in [-0.05, 0) is 37.9 Å². The molecule has 1 unspecified atom stereocenters. The van der Waals surface area contributed by atoms with Gasteiger partial charge < -0.3 is 15.5 Å². The molecule has 0 spiro atoms. The molecule has 3 atom stereocenters. The minimum atomic E-state index is 0.117. The molecule has 2 fully saturated rings. The molecule has 3 N–H and O–H groups in total. The van der Waals surface area contributed by atoms with Gasteiger partial charge in [0.05, 0.1) is 0 Å². The van der Waals surface area contributed by atoms with E-state index in [2.05, 4.69) is 17.1 Å². The maximum atomic E-state index is 9.93. The monoisotopic (exact) mass is 248 g/mol. The summed E-state index contributed by atoms with van der Waals surface area (Å²) in [6.07, 6.45) is 0. The Labute approximate surface area is 107 Å². The highest BCUT2D eigenvalue weighted by Gasteiger charge is 2.38. The quantitative estimate of drug-likeness (QED) is 0.738. The van der Waals surface area contributed by atoms with Crippen LogP contribution in [0.4, 0.5) is 0 Å². The number of hydrogen-bond donors (Lipinski definition) is 3. The number of phenols is 2. The first-order chi connectivity index (χ1) is 8.65. The highest BCUT2D eigenvalue weighted by atomic mass is 16.3. The van der Waals surface area contributed by atoms with Gasteiger partial charge >= 0.3 is 0 Å². The van der Waals surface area contributed by atoms with Gasteiger partial charge in [0.15, 0.2) is 0 Å². The van der Waals surface area contributed by atoms with Crippen LogP contribution in [0.1, 0.15) is 18.5 Å². The molecule has 4 nitrogen and oxygen atoms in total. The Morgan fingerprint density at radius 2 is 1.89 bits per heavy atom. The van der Waals surface area contributed by atoms with E-state index >= 15 is 0 Å². The third-order valence-electron chi connectivity index (χ3n) is 4.43. The molecule has 0 bridgehead atoms. The van der Waals surface area contributed by atoms with E-state index in [4.69, 9.17) is 0 Å². The van der Waals surface area contributed by atoms with Gasteiger partial charge in [0, 0.05) is 30.8 Å². The van der Waals surface area contributed by atoms with E-state index in [0.717, 1.165) is 43.6 Å². The van der Waals surface area contributed by atoms with Crippen molar-refractivity contribution in [2.24, 2.45) is 11.8 Å². The van der Waals surface area contributed by atoms with Gasteiger partial charge in [-0.3, -0.25) is 4.90 Å². The molecule has 0 aromatic heterocycles. The first kappa shape index (κ1) is 11.8. The molecule has 18 heavy (non-hydrogen) atoms. The third-order valence-corrected chi connectivity index (χ3v) is 4.43. The molecule has 2 aliphatic heterocycles. The van der Waals surface area contributed by atoms with E-state index in [1.54, 1.807) is 6.07 Å². The topological polar surface area (TPSA) is 55.7 Å². The van der Waals surface area contributed by atoms with Crippen molar-refractivity contribution < 1.29 is 10.2 Å². The molecule has 0 radical (unpaired) electrons. The number of likely N-dealkylation sites (tertiary alicyclic amines) is 1. The number of benzene rings is 1. The Morgan fingerprint density at radius 3 is 2.50 bits per heavy atom. The van der Waals surface area contributed by atoms with Crippen molar-refractivity contribution in [3.63, 3.8) is 0 Å². The van der Waals surface area contributed by atoms with Gasteiger partial charge in [0.1, 0.15) is 11.5 Å². The van der Waals surface area contributed by atoms with Gasteiger partial charge in [-0.1, -0.05) is 6.07 Å². The largest absolute Gasteiger partial charge is 0.508 e. The van der Waals surface area contributed by atoms with Gasteiger partial charge in [-0.2, -0.15) is 0 Å². The molecule has 2 aliphatic rings. The fourth-order valence-corrected chi connectivity index (χ4v) is 3.29. The van der Waals surface area contributed by atoms with Gasteiger partial charge in [0.2, 0.25) is 0 Å². The van der Waals surface area contributed by atoms with Crippen LogP contribution in [0.5, 0.6) is 11.5 Å². The molecule has 0 amide bonds. The molecule has 98 valence electrons. The summed E-state index contributed by atoms with van der Waals surface area (Å²) < 4.78 is 0. The molecule has 4 heteroatoms. The molecule has 0 saturated carbocycles. The van der Waals surface area contributed by atoms with Crippen molar-refractivity contribution in [1.82, 2.24) is 10.2 Å². The molecule has 1 aromatic rings. The van der Waals surface area contributed by atoms with Crippen molar-refractivity contribution in [2.75, 3.05) is 26.2 Å². The zero-order valence-corrected chi connectivity index (χ0v) is 10.6. The van der Waals surface area contributed by atoms with Gasteiger partial charge in [-0.25, -0.2) is 0 Å². The standard InChI is InChI=1S/C14H20N2O2/c1-9(13-3-2-12(17)4-14(13)18)16-7-10-5-15-6-11(10)8-16/h2-4,9-11,15,17-18H,5-8H2,1H3/t9?,10-,11+. The lowest BCUT2D eigenvalue weighted by molar-refractivity contribution is 0.239. The number of rotatable bonds is 2. The highest BCUT2D eigenvalue weighted by Crippen LogP contribution is 2.36. The van der Waals surface area contributed by atoms with E-state index in [1.165, 1.54) is 6.07 Å². The third kappa shape index (κ3) is 1.95. The summed E-state index contributed by atoms with van der Waals surface area (Å²) in [5.74, 6) is 1.82. The second-order valence-electron chi connectivity index (χ2n) is 5.55. The fourth-order valence-electron chi connectivity index (χ4n) is 3.29. The maximum Gasteiger partial charge on any atom is 0.124 e. The highest BCUT2D eigenvalue weighted by molar-refractivity contribution is 5.40. The molecule has 0 aliphatic carbocycles. The van der Waals surface area contributed by atoms with Gasteiger partial charge in [-0.15, -0.1) is 0 Å². The average Bonchev–Trinajstić information content (AvgIpc) is 2.87. The zero-order valence-electron chi connectivity index (χ0n) is 10.6. The SMILES string of the molecule is CC(c1ccc(O)cc1O)N1C[C@H]2CNC[C@H]2C1. The molecular weight excluding hydrogens is 228 g/mol. The van der Waals surface area contributed by atoms with Crippen LogP contribution in [-0.2, 0) is 0 Å². The van der Waals surface area contributed by atoms with Crippen LogP contribution in [0.15, 0.2) is 18.2 Å². The Bertz CT molecular complexity index is 437. The number of nitrogens with zero attached hydrogens (tertiary/aromatic N) is 1. The van der Waals surface area contributed by atoms with E-state index < -0.39 is 0 Å². The predicted octanol–water partition coefficient (Wildman–Crippen LogP) is 1.31. The van der Waals surface area contributed by atoms with E-state index in [-0.39, 0.29) is 17.5 Å². The summed E-state index contributed by atoms with van der Waals surface area (Å²) in [6, 6.07) is 5.09. The molecular formula is C14H20N2O2. The van der Waals surface area contributed by atoms with Crippen LogP contribution < -0.4 is 5.32 Å². The number of aromatic hydroxyl groups is 2. The van der Waals surface area contributed by atoms with Crippen LogP contribution in [0.2, 0.25) is 0 Å². The molecule has 2 saturated heterocycles. The Balaban J connectivity index is 1.76. The summed E-state index contributed by atoms with van der Waals surface area (Å²) in [4.78, 5) is 2.43. The zero-order chi connectivity index (χ0) is 12.7. The van der Waals surface area contributed by atoms with E-state index in [0.29, 0.717) is 0 Å². The number of nitrogens with one attached hydrogen (secondary N) is 1. The van der Waals surface area contributed by atoms with Crippen molar-refractivity contribution >= 4 is 0 Å². The Kier molecular flexibility index (Phi) is 2.92. The van der Waals surface area contributed by atoms with Crippen LogP contribution in [0.25, 0.3) is 0 Å². The number of fused-ring (bicyclic) bond motifs is 1. The lowest BCUT2D eigenvalue weighted by Crippen LogP contribution is -2.28. The van der Waals surface area contributed by atoms with Crippen molar-refractivity contribution in [3.05, 3.63) is 23.8 Å². The summed E-state index contributed by atoms with van der Waals surface area (Å²) in [6.45, 7) is 6.56. The second-order valence-corrected chi connectivity index (χ2v) is 5.55. The minimum Gasteiger partial charge on any atom is -0.508 e. The Morgan fingerprint density at radius 1 is 1.22 bits per heavy atom. The van der Waals surface area contributed by atoms with E-state index in [1.807, 2.05) is 6.07 Å². The van der Waals surface area contributed by atoms with Crippen LogP contribution in [0.3, 0.4) is 0 Å². The second kappa shape index (κ2) is 4.44. The lowest BCUT2D eigenvalue weighted by atomic mass is 10.0. The van der Waals surface area contributed by atoms with Crippen LogP contribution >= 0.6 is 0 Å². The van der Waals surface area contributed by atoms with Crippen LogP contribution in [-0.4, -0.2) is 41.3 Å². The minimum absolute atomic E-state index is 0.117. The summed E-state index contributed by atoms with van der Waals surface area (Å²) in [5.41, 5.74) is 0.903.